The predicted octanol–water partition coefficient (Wildman–Crippen LogP) is 11.0. The number of fused-ring (bicyclic) bond motifs is 9. The minimum atomic E-state index is 0.685. The van der Waals surface area contributed by atoms with Gasteiger partial charge in [0.1, 0.15) is 0 Å². The summed E-state index contributed by atoms with van der Waals surface area (Å²) in [6.45, 7) is 0. The van der Waals surface area contributed by atoms with Crippen molar-refractivity contribution in [1.29, 1.82) is 0 Å². The number of nitrogens with zero attached hydrogens (tertiary/aromatic N) is 4. The summed E-state index contributed by atoms with van der Waals surface area (Å²) in [5.41, 5.74) is 13.7. The average molecular weight is 585 g/mol. The molecule has 0 saturated carbocycles. The molecule has 0 amide bonds. The third-order valence-electron chi connectivity index (χ3n) is 9.84. The zero-order valence-electron chi connectivity index (χ0n) is 24.6. The Balaban J connectivity index is 1.27. The summed E-state index contributed by atoms with van der Waals surface area (Å²) in [5, 5.41) is 6.01. The van der Waals surface area contributed by atoms with Crippen molar-refractivity contribution in [2.75, 3.05) is 4.90 Å². The predicted molar refractivity (Wildman–Crippen MR) is 189 cm³/mol. The molecule has 4 nitrogen and oxygen atoms in total. The first kappa shape index (κ1) is 24.1. The molecule has 11 rings (SSSR count). The molecule has 212 valence electrons. The van der Waals surface area contributed by atoms with Crippen molar-refractivity contribution in [2.45, 2.75) is 0 Å². The van der Waals surface area contributed by atoms with Gasteiger partial charge >= 0.3 is 0 Å². The molecule has 0 unspecified atom stereocenters. The second-order valence-corrected chi connectivity index (χ2v) is 12.2. The fourth-order valence-electron chi connectivity index (χ4n) is 8.02. The van der Waals surface area contributed by atoms with E-state index in [4.69, 9.17) is 9.97 Å². The van der Waals surface area contributed by atoms with E-state index in [1.807, 2.05) is 0 Å². The second-order valence-electron chi connectivity index (χ2n) is 12.2. The Labute approximate surface area is 264 Å². The summed E-state index contributed by atoms with van der Waals surface area (Å²) in [5.74, 6) is 0.685. The maximum atomic E-state index is 5.48. The Hall–Kier alpha value is -6.26. The fourth-order valence-corrected chi connectivity index (χ4v) is 8.02. The SMILES string of the molecule is c1ccc(N2c3ccccc3-c3nc(-n4c5ccccc5c5cc6c7c(cccc7c54)-c4ccccc4-6)nc4cccc2c34)cc1. The molecule has 0 radical (unpaired) electrons. The van der Waals surface area contributed by atoms with Crippen LogP contribution in [-0.4, -0.2) is 14.5 Å². The van der Waals surface area contributed by atoms with Gasteiger partial charge in [0.15, 0.2) is 0 Å². The molecule has 3 heterocycles. The first-order valence-corrected chi connectivity index (χ1v) is 15.7. The van der Waals surface area contributed by atoms with Crippen LogP contribution < -0.4 is 4.90 Å². The van der Waals surface area contributed by atoms with Gasteiger partial charge in [-0.2, -0.15) is 0 Å². The first-order valence-electron chi connectivity index (χ1n) is 15.7. The van der Waals surface area contributed by atoms with E-state index in [0.717, 1.165) is 50.3 Å². The Morgan fingerprint density at radius 2 is 1.11 bits per heavy atom. The standard InChI is InChI=1S/C42H24N4/c1-2-12-25(13-3-1)45-36-22-9-7-17-30(36)40-39-34(20-11-23-37(39)45)43-42(44-40)46-35-21-8-6-16-28(35)33-24-32-27-15-5-4-14-26(27)29-18-10-19-31(38(29)32)41(33)46/h1-24H. The van der Waals surface area contributed by atoms with Crippen LogP contribution >= 0.6 is 0 Å². The molecule has 1 aliphatic carbocycles. The van der Waals surface area contributed by atoms with Crippen LogP contribution in [0.25, 0.3) is 82.9 Å². The Bertz CT molecular complexity index is 2760. The monoisotopic (exact) mass is 584 g/mol. The van der Waals surface area contributed by atoms with Gasteiger partial charge in [-0.1, -0.05) is 103 Å². The molecule has 0 atom stereocenters. The molecule has 1 aliphatic heterocycles. The third kappa shape index (κ3) is 2.98. The summed E-state index contributed by atoms with van der Waals surface area (Å²) in [7, 11) is 0. The molecule has 2 aliphatic rings. The van der Waals surface area contributed by atoms with Gasteiger partial charge < -0.3 is 4.90 Å². The topological polar surface area (TPSA) is 34.0 Å². The van der Waals surface area contributed by atoms with Crippen LogP contribution in [0.4, 0.5) is 17.1 Å². The zero-order valence-corrected chi connectivity index (χ0v) is 24.6. The Kier molecular flexibility index (Phi) is 4.55. The lowest BCUT2D eigenvalue weighted by atomic mass is 9.96. The lowest BCUT2D eigenvalue weighted by Gasteiger charge is -2.32. The molecule has 0 fully saturated rings. The molecule has 0 bridgehead atoms. The quantitative estimate of drug-likeness (QED) is 0.203. The van der Waals surface area contributed by atoms with Crippen LogP contribution in [-0.2, 0) is 0 Å². The summed E-state index contributed by atoms with van der Waals surface area (Å²) in [6.07, 6.45) is 0. The number of benzene rings is 7. The van der Waals surface area contributed by atoms with Gasteiger partial charge in [0.05, 0.1) is 39.0 Å². The molecule has 0 spiro atoms. The molecule has 7 aromatic carbocycles. The lowest BCUT2D eigenvalue weighted by molar-refractivity contribution is 1.01. The van der Waals surface area contributed by atoms with Gasteiger partial charge in [0, 0.05) is 27.4 Å². The molecular formula is C42H24N4. The van der Waals surface area contributed by atoms with Crippen molar-refractivity contribution < 1.29 is 0 Å². The van der Waals surface area contributed by atoms with E-state index in [1.165, 1.54) is 43.8 Å². The van der Waals surface area contributed by atoms with Crippen molar-refractivity contribution in [1.82, 2.24) is 14.5 Å². The van der Waals surface area contributed by atoms with Crippen LogP contribution in [0.5, 0.6) is 0 Å². The Morgan fingerprint density at radius 3 is 2.00 bits per heavy atom. The van der Waals surface area contributed by atoms with Crippen LogP contribution in [0.15, 0.2) is 146 Å². The largest absolute Gasteiger partial charge is 0.309 e. The van der Waals surface area contributed by atoms with Gasteiger partial charge in [-0.3, -0.25) is 4.57 Å². The van der Waals surface area contributed by atoms with E-state index in [-0.39, 0.29) is 0 Å². The van der Waals surface area contributed by atoms with Crippen molar-refractivity contribution in [3.05, 3.63) is 146 Å². The summed E-state index contributed by atoms with van der Waals surface area (Å²) in [6, 6.07) is 52.1. The van der Waals surface area contributed by atoms with Crippen LogP contribution in [0.3, 0.4) is 0 Å². The van der Waals surface area contributed by atoms with E-state index < -0.39 is 0 Å². The normalized spacial score (nSPS) is 12.7. The summed E-state index contributed by atoms with van der Waals surface area (Å²) in [4.78, 5) is 13.2. The van der Waals surface area contributed by atoms with Crippen molar-refractivity contribution in [2.24, 2.45) is 0 Å². The number of hydrogen-bond acceptors (Lipinski definition) is 3. The maximum absolute atomic E-state index is 5.48. The van der Waals surface area contributed by atoms with Crippen molar-refractivity contribution >= 4 is 60.5 Å². The van der Waals surface area contributed by atoms with E-state index >= 15 is 0 Å². The van der Waals surface area contributed by atoms with Gasteiger partial charge in [0.25, 0.3) is 0 Å². The fraction of sp³-hybridized carbons (Fsp3) is 0. The number of anilines is 3. The first-order chi connectivity index (χ1) is 22.8. The minimum Gasteiger partial charge on any atom is -0.309 e. The molecular weight excluding hydrogens is 560 g/mol. The minimum absolute atomic E-state index is 0.685. The van der Waals surface area contributed by atoms with Crippen LogP contribution in [0.2, 0.25) is 0 Å². The molecule has 0 N–H and O–H groups in total. The van der Waals surface area contributed by atoms with Crippen LogP contribution in [0.1, 0.15) is 0 Å². The lowest BCUT2D eigenvalue weighted by Crippen LogP contribution is -2.16. The number of hydrogen-bond donors (Lipinski definition) is 0. The average Bonchev–Trinajstić information content (AvgIpc) is 3.63. The highest BCUT2D eigenvalue weighted by Crippen LogP contribution is 2.52. The highest BCUT2D eigenvalue weighted by Gasteiger charge is 2.30. The molecule has 46 heavy (non-hydrogen) atoms. The van der Waals surface area contributed by atoms with Gasteiger partial charge in [0.2, 0.25) is 5.95 Å². The highest BCUT2D eigenvalue weighted by molar-refractivity contribution is 6.27. The zero-order chi connectivity index (χ0) is 29.9. The van der Waals surface area contributed by atoms with E-state index in [2.05, 4.69) is 155 Å². The van der Waals surface area contributed by atoms with Crippen molar-refractivity contribution in [3.8, 4) is 39.5 Å². The maximum Gasteiger partial charge on any atom is 0.235 e. The number of rotatable bonds is 2. The van der Waals surface area contributed by atoms with E-state index in [0.29, 0.717) is 5.95 Å². The van der Waals surface area contributed by atoms with E-state index in [1.54, 1.807) is 0 Å². The number of para-hydroxylation sites is 3. The van der Waals surface area contributed by atoms with Crippen molar-refractivity contribution in [3.63, 3.8) is 0 Å². The second kappa shape index (κ2) is 8.68. The molecule has 0 saturated heterocycles. The van der Waals surface area contributed by atoms with E-state index in [9.17, 15) is 0 Å². The molecule has 9 aromatic rings. The van der Waals surface area contributed by atoms with Gasteiger partial charge in [-0.15, -0.1) is 0 Å². The number of aromatic nitrogens is 3. The third-order valence-corrected chi connectivity index (χ3v) is 9.84. The highest BCUT2D eigenvalue weighted by atomic mass is 15.2. The Morgan fingerprint density at radius 1 is 0.435 bits per heavy atom. The smallest absolute Gasteiger partial charge is 0.235 e. The summed E-state index contributed by atoms with van der Waals surface area (Å²) < 4.78 is 2.30. The molecule has 4 heteroatoms. The van der Waals surface area contributed by atoms with Gasteiger partial charge in [-0.25, -0.2) is 9.97 Å². The molecule has 2 aromatic heterocycles. The van der Waals surface area contributed by atoms with Gasteiger partial charge in [-0.05, 0) is 70.1 Å². The summed E-state index contributed by atoms with van der Waals surface area (Å²) >= 11 is 0. The van der Waals surface area contributed by atoms with Crippen LogP contribution in [0, 0.1) is 0 Å².